The van der Waals surface area contributed by atoms with Crippen molar-refractivity contribution in [1.29, 1.82) is 0 Å². The maximum absolute atomic E-state index is 3.75. The van der Waals surface area contributed by atoms with Crippen molar-refractivity contribution in [3.63, 3.8) is 0 Å². The molecule has 12 aromatic rings. The zero-order chi connectivity index (χ0) is 48.2. The number of fused-ring (bicyclic) bond motifs is 5. The van der Waals surface area contributed by atoms with Gasteiger partial charge in [-0.3, -0.25) is 0 Å². The molecule has 3 nitrogen and oxygen atoms in total. The summed E-state index contributed by atoms with van der Waals surface area (Å²) < 4.78 is 2.41. The lowest BCUT2D eigenvalue weighted by Gasteiger charge is -2.42. The lowest BCUT2D eigenvalue weighted by Crippen LogP contribution is -2.30. The van der Waals surface area contributed by atoms with Gasteiger partial charge in [0.15, 0.2) is 0 Å². The molecule has 1 aliphatic rings. The van der Waals surface area contributed by atoms with Crippen LogP contribution in [0.1, 0.15) is 25.0 Å². The summed E-state index contributed by atoms with van der Waals surface area (Å²) in [6.45, 7) is 4.80. The van der Waals surface area contributed by atoms with Gasteiger partial charge in [-0.1, -0.05) is 178 Å². The van der Waals surface area contributed by atoms with Gasteiger partial charge in [0.05, 0.1) is 22.4 Å². The molecule has 0 bridgehead atoms. The third-order valence-corrected chi connectivity index (χ3v) is 14.7. The van der Waals surface area contributed by atoms with E-state index in [9.17, 15) is 0 Å². The quantitative estimate of drug-likeness (QED) is 0.156. The summed E-state index contributed by atoms with van der Waals surface area (Å²) in [7, 11) is 0. The van der Waals surface area contributed by atoms with Gasteiger partial charge in [0, 0.05) is 44.5 Å². The molecule has 0 amide bonds. The summed E-state index contributed by atoms with van der Waals surface area (Å²) in [6, 6.07) is 97.3. The minimum atomic E-state index is -0.346. The Morgan fingerprint density at radius 1 is 0.319 bits per heavy atom. The Morgan fingerprint density at radius 2 is 0.736 bits per heavy atom. The van der Waals surface area contributed by atoms with Gasteiger partial charge in [0.25, 0.3) is 0 Å². The lowest BCUT2D eigenvalue weighted by molar-refractivity contribution is 0.632. The third-order valence-electron chi connectivity index (χ3n) is 14.7. The van der Waals surface area contributed by atoms with Gasteiger partial charge in [-0.25, -0.2) is 0 Å². The van der Waals surface area contributed by atoms with Gasteiger partial charge in [0.1, 0.15) is 0 Å². The summed E-state index contributed by atoms with van der Waals surface area (Å²) in [5.74, 6) is 0. The first kappa shape index (κ1) is 42.9. The molecular weight excluding hydrogens is 871 g/mol. The number of anilines is 5. The summed E-state index contributed by atoms with van der Waals surface area (Å²) >= 11 is 0. The summed E-state index contributed by atoms with van der Waals surface area (Å²) in [6.07, 6.45) is 0. The second kappa shape index (κ2) is 17.7. The largest absolute Gasteiger partial charge is 0.355 e. The molecule has 1 N–H and O–H groups in total. The van der Waals surface area contributed by atoms with Crippen LogP contribution in [-0.2, 0) is 5.41 Å². The second-order valence-electron chi connectivity index (χ2n) is 19.5. The number of nitrogens with one attached hydrogen (secondary N) is 1. The van der Waals surface area contributed by atoms with Crippen molar-refractivity contribution in [2.45, 2.75) is 19.3 Å². The zero-order valence-electron chi connectivity index (χ0n) is 40.3. The number of hydrogen-bond donors (Lipinski definition) is 1. The Kier molecular flexibility index (Phi) is 10.5. The smallest absolute Gasteiger partial charge is 0.0541 e. The van der Waals surface area contributed by atoms with Gasteiger partial charge < -0.3 is 14.8 Å². The first-order valence-corrected chi connectivity index (χ1v) is 24.9. The summed E-state index contributed by atoms with van der Waals surface area (Å²) in [5.41, 5.74) is 23.2. The maximum atomic E-state index is 3.75. The van der Waals surface area contributed by atoms with Crippen LogP contribution in [-0.4, -0.2) is 4.57 Å². The topological polar surface area (TPSA) is 20.2 Å². The minimum Gasteiger partial charge on any atom is -0.355 e. The lowest BCUT2D eigenvalue weighted by atomic mass is 9.72. The number of para-hydroxylation sites is 3. The first-order valence-electron chi connectivity index (χ1n) is 24.9. The molecule has 11 aromatic carbocycles. The fourth-order valence-electron chi connectivity index (χ4n) is 11.1. The van der Waals surface area contributed by atoms with Gasteiger partial charge in [0.2, 0.25) is 0 Å². The fraction of sp³-hybridized carbons (Fsp3) is 0.0435. The van der Waals surface area contributed by atoms with Crippen LogP contribution in [0.5, 0.6) is 0 Å². The van der Waals surface area contributed by atoms with E-state index in [2.05, 4.69) is 296 Å². The van der Waals surface area contributed by atoms with E-state index in [4.69, 9.17) is 0 Å². The van der Waals surface area contributed by atoms with Crippen molar-refractivity contribution >= 4 is 50.2 Å². The molecule has 0 radical (unpaired) electrons. The average molecular weight is 922 g/mol. The molecule has 0 fully saturated rings. The molecule has 0 saturated carbocycles. The first-order chi connectivity index (χ1) is 35.4. The number of nitrogens with zero attached hydrogens (tertiary/aromatic N) is 2. The highest BCUT2D eigenvalue weighted by atomic mass is 15.2. The van der Waals surface area contributed by atoms with E-state index in [0.29, 0.717) is 0 Å². The van der Waals surface area contributed by atoms with E-state index >= 15 is 0 Å². The molecule has 1 aromatic heterocycles. The zero-order valence-corrected chi connectivity index (χ0v) is 40.3. The fourth-order valence-corrected chi connectivity index (χ4v) is 11.1. The summed E-state index contributed by atoms with van der Waals surface area (Å²) in [4.78, 5) is 2.46. The maximum Gasteiger partial charge on any atom is 0.0541 e. The molecule has 13 rings (SSSR count). The van der Waals surface area contributed by atoms with Crippen molar-refractivity contribution in [3.05, 3.63) is 278 Å². The van der Waals surface area contributed by atoms with Gasteiger partial charge in [-0.2, -0.15) is 0 Å². The van der Waals surface area contributed by atoms with E-state index in [1.807, 2.05) is 0 Å². The van der Waals surface area contributed by atoms with Gasteiger partial charge in [-0.05, 0) is 164 Å². The van der Waals surface area contributed by atoms with Crippen molar-refractivity contribution in [3.8, 4) is 61.3 Å². The monoisotopic (exact) mass is 921 g/mol. The Morgan fingerprint density at radius 3 is 1.31 bits per heavy atom. The Labute approximate surface area is 421 Å². The number of benzene rings is 11. The molecule has 0 aliphatic carbocycles. The molecule has 0 spiro atoms. The van der Waals surface area contributed by atoms with Crippen LogP contribution in [0.15, 0.2) is 267 Å². The van der Waals surface area contributed by atoms with Crippen LogP contribution in [0.4, 0.5) is 28.4 Å². The van der Waals surface area contributed by atoms with Crippen LogP contribution in [0.25, 0.3) is 83.1 Å². The highest BCUT2D eigenvalue weighted by Gasteiger charge is 2.37. The highest BCUT2D eigenvalue weighted by molar-refractivity contribution is 6.12. The molecule has 0 atom stereocenters. The van der Waals surface area contributed by atoms with E-state index in [1.165, 1.54) is 83.3 Å². The predicted octanol–water partition coefficient (Wildman–Crippen LogP) is 19.0. The van der Waals surface area contributed by atoms with E-state index < -0.39 is 0 Å². The summed E-state index contributed by atoms with van der Waals surface area (Å²) in [5, 5.41) is 6.23. The Bertz CT molecular complexity index is 3950. The van der Waals surface area contributed by atoms with Crippen molar-refractivity contribution in [1.82, 2.24) is 4.57 Å². The molecule has 0 saturated heterocycles. The van der Waals surface area contributed by atoms with Gasteiger partial charge in [-0.15, -0.1) is 0 Å². The average Bonchev–Trinajstić information content (AvgIpc) is 3.77. The number of rotatable bonds is 9. The van der Waals surface area contributed by atoms with Crippen LogP contribution in [0, 0.1) is 0 Å². The molecule has 1 aliphatic heterocycles. The second-order valence-corrected chi connectivity index (χ2v) is 19.5. The Hall–Kier alpha value is -9.18. The van der Waals surface area contributed by atoms with Crippen LogP contribution in [0.2, 0.25) is 0 Å². The van der Waals surface area contributed by atoms with Crippen LogP contribution in [0.3, 0.4) is 0 Å². The van der Waals surface area contributed by atoms with Crippen molar-refractivity contribution in [2.75, 3.05) is 10.2 Å². The molecular formula is C69H51N3. The minimum absolute atomic E-state index is 0.346. The normalized spacial score (nSPS) is 12.7. The van der Waals surface area contributed by atoms with Crippen LogP contribution < -0.4 is 10.2 Å². The van der Waals surface area contributed by atoms with E-state index in [-0.39, 0.29) is 5.41 Å². The van der Waals surface area contributed by atoms with Crippen molar-refractivity contribution < 1.29 is 0 Å². The third kappa shape index (κ3) is 7.55. The SMILES string of the molecule is CC1(C)c2cc(-c3ccc(Nc4ccccc4)c(-c4cccc(-c5ccccc5)c4)c3)ccc2N(c2ccccc2)c2ccc(-c3ccc4c(c3)c3cc(-c5ccccc5)ccc3n4-c3ccccc3)cc21. The van der Waals surface area contributed by atoms with Gasteiger partial charge >= 0.3 is 0 Å². The predicted molar refractivity (Wildman–Crippen MR) is 304 cm³/mol. The Balaban J connectivity index is 0.943. The van der Waals surface area contributed by atoms with Crippen LogP contribution >= 0.6 is 0 Å². The van der Waals surface area contributed by atoms with Crippen molar-refractivity contribution in [2.24, 2.45) is 0 Å². The molecule has 342 valence electrons. The number of aromatic nitrogens is 1. The number of hydrogen-bond acceptors (Lipinski definition) is 2. The highest BCUT2D eigenvalue weighted by Crippen LogP contribution is 2.54. The molecule has 3 heteroatoms. The van der Waals surface area contributed by atoms with E-state index in [0.717, 1.165) is 39.4 Å². The molecule has 72 heavy (non-hydrogen) atoms. The standard InChI is InChI=1S/C69H51N3/c1-69(2)62-45-53(51-31-36-64(70-56-25-12-5-13-26-56)59(42-51)55-24-18-23-49(41-55)47-19-8-3-9-20-47)34-39-67(62)72(58-29-16-7-17-30-58)68-40-35-54(46-63(68)69)52-33-38-66-61(44-52)60-43-50(48-21-10-4-11-22-48)32-37-65(60)71(66)57-27-14-6-15-28-57/h3-46,70H,1-2H3. The molecule has 0 unspecified atom stereocenters. The molecule has 2 heterocycles. The van der Waals surface area contributed by atoms with E-state index in [1.54, 1.807) is 0 Å².